The zero-order valence-electron chi connectivity index (χ0n) is 10.4. The minimum Gasteiger partial charge on any atom is -0.352 e. The van der Waals surface area contributed by atoms with Gasteiger partial charge in [-0.05, 0) is 25.5 Å². The lowest BCUT2D eigenvalue weighted by atomic mass is 10.1. The Hall–Kier alpha value is -2.16. The number of nitrogens with one attached hydrogen (secondary N) is 1. The molecular formula is C15H16N2O. The Labute approximate surface area is 107 Å². The number of benzene rings is 1. The van der Waals surface area contributed by atoms with Crippen molar-refractivity contribution in [3.05, 3.63) is 54.2 Å². The van der Waals surface area contributed by atoms with Crippen LogP contribution in [0.15, 0.2) is 48.7 Å². The Morgan fingerprint density at radius 1 is 1.33 bits per heavy atom. The number of pyridine rings is 1. The van der Waals surface area contributed by atoms with Crippen LogP contribution in [-0.4, -0.2) is 17.4 Å². The first-order valence-electron chi connectivity index (χ1n) is 6.06. The molecule has 0 bridgehead atoms. The fraction of sp³-hybridized carbons (Fsp3) is 0.200. The van der Waals surface area contributed by atoms with E-state index >= 15 is 0 Å². The summed E-state index contributed by atoms with van der Waals surface area (Å²) in [7, 11) is 0. The summed E-state index contributed by atoms with van der Waals surface area (Å²) in [6.07, 6.45) is 6.54. The summed E-state index contributed by atoms with van der Waals surface area (Å²) in [5, 5.41) is 3.80. The van der Waals surface area contributed by atoms with Crippen LogP contribution in [0.4, 0.5) is 0 Å². The summed E-state index contributed by atoms with van der Waals surface area (Å²) in [6, 6.07) is 9.42. The lowest BCUT2D eigenvalue weighted by Crippen LogP contribution is -2.24. The van der Waals surface area contributed by atoms with Gasteiger partial charge < -0.3 is 5.32 Å². The zero-order chi connectivity index (χ0) is 12.8. The highest BCUT2D eigenvalue weighted by molar-refractivity contribution is 6.05. The summed E-state index contributed by atoms with van der Waals surface area (Å²) >= 11 is 0. The molecule has 2 aromatic rings. The molecule has 0 atom stereocenters. The van der Waals surface area contributed by atoms with Gasteiger partial charge in [0.15, 0.2) is 0 Å². The molecule has 3 heteroatoms. The summed E-state index contributed by atoms with van der Waals surface area (Å²) < 4.78 is 0. The summed E-state index contributed by atoms with van der Waals surface area (Å²) in [6.45, 7) is 2.62. The van der Waals surface area contributed by atoms with Crippen LogP contribution in [0.3, 0.4) is 0 Å². The van der Waals surface area contributed by atoms with Crippen molar-refractivity contribution in [2.24, 2.45) is 0 Å². The maximum absolute atomic E-state index is 12.1. The monoisotopic (exact) mass is 240 g/mol. The Kier molecular flexibility index (Phi) is 4.07. The molecule has 0 spiro atoms. The second kappa shape index (κ2) is 5.96. The van der Waals surface area contributed by atoms with Crippen LogP contribution in [0.1, 0.15) is 23.7 Å². The molecule has 0 saturated carbocycles. The van der Waals surface area contributed by atoms with E-state index in [1.807, 2.05) is 43.3 Å². The molecule has 0 aliphatic heterocycles. The molecular weight excluding hydrogens is 224 g/mol. The number of hydrogen-bond acceptors (Lipinski definition) is 2. The first kappa shape index (κ1) is 12.3. The van der Waals surface area contributed by atoms with Crippen molar-refractivity contribution >= 4 is 16.8 Å². The molecule has 0 aliphatic carbocycles. The average Bonchev–Trinajstić information content (AvgIpc) is 2.43. The van der Waals surface area contributed by atoms with Crippen molar-refractivity contribution in [1.29, 1.82) is 0 Å². The van der Waals surface area contributed by atoms with Gasteiger partial charge in [0.25, 0.3) is 5.91 Å². The molecule has 0 saturated heterocycles. The Morgan fingerprint density at radius 3 is 3.00 bits per heavy atom. The fourth-order valence-electron chi connectivity index (χ4n) is 1.82. The van der Waals surface area contributed by atoms with Crippen LogP contribution in [-0.2, 0) is 0 Å². The summed E-state index contributed by atoms with van der Waals surface area (Å²) in [5.74, 6) is -0.0434. The Morgan fingerprint density at radius 2 is 2.17 bits per heavy atom. The van der Waals surface area contributed by atoms with Crippen LogP contribution in [0.5, 0.6) is 0 Å². The predicted molar refractivity (Wildman–Crippen MR) is 73.5 cm³/mol. The Balaban J connectivity index is 2.17. The zero-order valence-corrected chi connectivity index (χ0v) is 10.4. The van der Waals surface area contributed by atoms with Gasteiger partial charge in [-0.3, -0.25) is 9.78 Å². The summed E-state index contributed by atoms with van der Waals surface area (Å²) in [5.41, 5.74) is 1.53. The number of allylic oxidation sites excluding steroid dienone is 1. The number of carbonyl (C=O) groups excluding carboxylic acids is 1. The minimum atomic E-state index is -0.0434. The molecule has 1 heterocycles. The van der Waals surface area contributed by atoms with E-state index in [0.29, 0.717) is 12.1 Å². The number of nitrogens with zero attached hydrogens (tertiary/aromatic N) is 1. The van der Waals surface area contributed by atoms with Crippen LogP contribution in [0, 0.1) is 0 Å². The van der Waals surface area contributed by atoms with Gasteiger partial charge in [-0.15, -0.1) is 0 Å². The molecule has 0 aliphatic rings. The molecule has 1 N–H and O–H groups in total. The molecule has 1 aromatic heterocycles. The number of aromatic nitrogens is 1. The molecule has 2 rings (SSSR count). The lowest BCUT2D eigenvalue weighted by molar-refractivity contribution is 0.0956. The summed E-state index contributed by atoms with van der Waals surface area (Å²) in [4.78, 5) is 16.3. The van der Waals surface area contributed by atoms with Crippen molar-refractivity contribution in [2.45, 2.75) is 13.3 Å². The van der Waals surface area contributed by atoms with Gasteiger partial charge in [0, 0.05) is 18.1 Å². The van der Waals surface area contributed by atoms with Gasteiger partial charge >= 0.3 is 0 Å². The van der Waals surface area contributed by atoms with Crippen molar-refractivity contribution in [3.8, 4) is 0 Å². The number of amides is 1. The van der Waals surface area contributed by atoms with E-state index in [2.05, 4.69) is 10.3 Å². The molecule has 0 fully saturated rings. The Bertz CT molecular complexity index is 570. The lowest BCUT2D eigenvalue weighted by Gasteiger charge is -2.06. The van der Waals surface area contributed by atoms with E-state index in [-0.39, 0.29) is 5.91 Å². The van der Waals surface area contributed by atoms with E-state index in [1.54, 1.807) is 12.3 Å². The smallest absolute Gasteiger partial charge is 0.252 e. The SMILES string of the molecule is C/C=C/CCNC(=O)c1ccnc2ccccc12. The topological polar surface area (TPSA) is 42.0 Å². The third-order valence-electron chi connectivity index (χ3n) is 2.73. The van der Waals surface area contributed by atoms with Crippen molar-refractivity contribution in [1.82, 2.24) is 10.3 Å². The highest BCUT2D eigenvalue weighted by atomic mass is 16.1. The van der Waals surface area contributed by atoms with Gasteiger partial charge in [-0.2, -0.15) is 0 Å². The molecule has 18 heavy (non-hydrogen) atoms. The highest BCUT2D eigenvalue weighted by Gasteiger charge is 2.08. The molecule has 3 nitrogen and oxygen atoms in total. The quantitative estimate of drug-likeness (QED) is 0.659. The van der Waals surface area contributed by atoms with Crippen LogP contribution in [0.25, 0.3) is 10.9 Å². The second-order valence-electron chi connectivity index (χ2n) is 3.99. The molecule has 92 valence electrons. The van der Waals surface area contributed by atoms with E-state index in [9.17, 15) is 4.79 Å². The largest absolute Gasteiger partial charge is 0.352 e. The third kappa shape index (κ3) is 2.74. The first-order valence-corrected chi connectivity index (χ1v) is 6.06. The third-order valence-corrected chi connectivity index (χ3v) is 2.73. The fourth-order valence-corrected chi connectivity index (χ4v) is 1.82. The average molecular weight is 240 g/mol. The van der Waals surface area contributed by atoms with Crippen molar-refractivity contribution in [2.75, 3.05) is 6.54 Å². The van der Waals surface area contributed by atoms with E-state index in [1.165, 1.54) is 0 Å². The van der Waals surface area contributed by atoms with Gasteiger partial charge in [0.2, 0.25) is 0 Å². The second-order valence-corrected chi connectivity index (χ2v) is 3.99. The highest BCUT2D eigenvalue weighted by Crippen LogP contribution is 2.15. The maximum Gasteiger partial charge on any atom is 0.252 e. The van der Waals surface area contributed by atoms with Gasteiger partial charge in [-0.25, -0.2) is 0 Å². The molecule has 1 aromatic carbocycles. The number of para-hydroxylation sites is 1. The number of rotatable bonds is 4. The van der Waals surface area contributed by atoms with E-state index in [4.69, 9.17) is 0 Å². The number of hydrogen-bond donors (Lipinski definition) is 1. The van der Waals surface area contributed by atoms with Crippen LogP contribution in [0.2, 0.25) is 0 Å². The first-order chi connectivity index (χ1) is 8.83. The standard InChI is InChI=1S/C15H16N2O/c1-2-3-6-10-17-15(18)13-9-11-16-14-8-5-4-7-12(13)14/h2-5,7-9,11H,6,10H2,1H3,(H,17,18)/b3-2+. The van der Waals surface area contributed by atoms with E-state index < -0.39 is 0 Å². The van der Waals surface area contributed by atoms with Gasteiger partial charge in [-0.1, -0.05) is 30.4 Å². The van der Waals surface area contributed by atoms with Gasteiger partial charge in [0.1, 0.15) is 0 Å². The molecule has 0 radical (unpaired) electrons. The van der Waals surface area contributed by atoms with E-state index in [0.717, 1.165) is 17.3 Å². The molecule has 0 unspecified atom stereocenters. The normalized spacial score (nSPS) is 10.9. The van der Waals surface area contributed by atoms with Crippen molar-refractivity contribution in [3.63, 3.8) is 0 Å². The number of carbonyl (C=O) groups is 1. The van der Waals surface area contributed by atoms with Gasteiger partial charge in [0.05, 0.1) is 11.1 Å². The minimum absolute atomic E-state index is 0.0434. The molecule has 1 amide bonds. The maximum atomic E-state index is 12.1. The number of fused-ring (bicyclic) bond motifs is 1. The van der Waals surface area contributed by atoms with Crippen LogP contribution < -0.4 is 5.32 Å². The van der Waals surface area contributed by atoms with Crippen molar-refractivity contribution < 1.29 is 4.79 Å². The van der Waals surface area contributed by atoms with Crippen LogP contribution >= 0.6 is 0 Å². The predicted octanol–water partition coefficient (Wildman–Crippen LogP) is 2.93.